The van der Waals surface area contributed by atoms with Crippen molar-refractivity contribution in [3.8, 4) is 16.9 Å². The molecular weight excluding hydrogens is 262 g/mol. The summed E-state index contributed by atoms with van der Waals surface area (Å²) in [6.07, 6.45) is 3.15. The smallest absolute Gasteiger partial charge is 0.325 e. The summed E-state index contributed by atoms with van der Waals surface area (Å²) >= 11 is 0. The zero-order valence-electron chi connectivity index (χ0n) is 10.7. The molecule has 0 fully saturated rings. The highest BCUT2D eigenvalue weighted by atomic mass is 16.5. The Bertz CT molecular complexity index is 663. The van der Waals surface area contributed by atoms with Crippen LogP contribution in [-0.2, 0) is 11.3 Å². The van der Waals surface area contributed by atoms with E-state index in [-0.39, 0.29) is 12.1 Å². The molecule has 1 heterocycles. The lowest BCUT2D eigenvalue weighted by Crippen LogP contribution is -2.12. The van der Waals surface area contributed by atoms with Crippen molar-refractivity contribution in [3.63, 3.8) is 0 Å². The van der Waals surface area contributed by atoms with Crippen molar-refractivity contribution >= 4 is 11.9 Å². The van der Waals surface area contributed by atoms with Gasteiger partial charge in [-0.1, -0.05) is 6.07 Å². The molecule has 0 saturated heterocycles. The molecule has 0 atom stereocenters. The van der Waals surface area contributed by atoms with Gasteiger partial charge in [-0.3, -0.25) is 14.3 Å². The summed E-state index contributed by atoms with van der Waals surface area (Å²) in [5.74, 6) is -1.18. The normalized spacial score (nSPS) is 10.2. The number of hydrogen-bond donors (Lipinski definition) is 2. The van der Waals surface area contributed by atoms with Gasteiger partial charge in [0.05, 0.1) is 18.9 Å². The van der Waals surface area contributed by atoms with Crippen LogP contribution in [-0.4, -0.2) is 33.9 Å². The predicted octanol–water partition coefficient (Wildman–Crippen LogP) is 0.742. The number of methoxy groups -OCH3 is 1. The number of aliphatic carboxylic acids is 1. The molecule has 2 rings (SSSR count). The number of carbonyl (C=O) groups excluding carboxylic acids is 1. The number of nitrogens with two attached hydrogens (primary N) is 1. The molecule has 1 aromatic heterocycles. The zero-order valence-corrected chi connectivity index (χ0v) is 10.7. The number of carboxylic acid groups (broad SMARTS) is 1. The fourth-order valence-corrected chi connectivity index (χ4v) is 1.81. The highest BCUT2D eigenvalue weighted by molar-refractivity contribution is 5.96. The maximum Gasteiger partial charge on any atom is 0.325 e. The molecule has 0 aliphatic heterocycles. The van der Waals surface area contributed by atoms with Crippen LogP contribution in [0.25, 0.3) is 11.1 Å². The summed E-state index contributed by atoms with van der Waals surface area (Å²) in [4.78, 5) is 21.8. The third-order valence-corrected chi connectivity index (χ3v) is 2.73. The average molecular weight is 275 g/mol. The van der Waals surface area contributed by atoms with Crippen molar-refractivity contribution < 1.29 is 19.4 Å². The quantitative estimate of drug-likeness (QED) is 0.836. The van der Waals surface area contributed by atoms with Gasteiger partial charge in [-0.2, -0.15) is 5.10 Å². The monoisotopic (exact) mass is 275 g/mol. The molecule has 2 aromatic rings. The van der Waals surface area contributed by atoms with E-state index < -0.39 is 11.9 Å². The van der Waals surface area contributed by atoms with Crippen molar-refractivity contribution in [2.45, 2.75) is 6.54 Å². The summed E-state index contributed by atoms with van der Waals surface area (Å²) in [5, 5.41) is 12.6. The number of benzene rings is 1. The second-order valence-electron chi connectivity index (χ2n) is 4.10. The molecule has 0 radical (unpaired) electrons. The summed E-state index contributed by atoms with van der Waals surface area (Å²) in [7, 11) is 1.44. The van der Waals surface area contributed by atoms with E-state index in [1.54, 1.807) is 30.6 Å². The molecule has 0 aliphatic carbocycles. The van der Waals surface area contributed by atoms with E-state index in [1.165, 1.54) is 11.8 Å². The van der Waals surface area contributed by atoms with Gasteiger partial charge in [-0.15, -0.1) is 0 Å². The SMILES string of the molecule is COc1cc(-c2cnn(CC(=O)O)c2)ccc1C(N)=O. The Morgan fingerprint density at radius 3 is 2.75 bits per heavy atom. The van der Waals surface area contributed by atoms with Crippen LogP contribution in [0, 0.1) is 0 Å². The highest BCUT2D eigenvalue weighted by Gasteiger charge is 2.11. The number of hydrogen-bond acceptors (Lipinski definition) is 4. The van der Waals surface area contributed by atoms with Gasteiger partial charge >= 0.3 is 5.97 Å². The van der Waals surface area contributed by atoms with Crippen LogP contribution in [0.4, 0.5) is 0 Å². The van der Waals surface area contributed by atoms with Gasteiger partial charge in [0, 0.05) is 11.8 Å². The van der Waals surface area contributed by atoms with E-state index in [9.17, 15) is 9.59 Å². The van der Waals surface area contributed by atoms with E-state index in [4.69, 9.17) is 15.6 Å². The Hall–Kier alpha value is -2.83. The first-order chi connectivity index (χ1) is 9.51. The maximum absolute atomic E-state index is 11.2. The van der Waals surface area contributed by atoms with Gasteiger partial charge in [-0.05, 0) is 17.7 Å². The molecule has 1 amide bonds. The van der Waals surface area contributed by atoms with Crippen molar-refractivity contribution in [2.24, 2.45) is 5.73 Å². The number of ether oxygens (including phenoxy) is 1. The highest BCUT2D eigenvalue weighted by Crippen LogP contribution is 2.26. The van der Waals surface area contributed by atoms with Gasteiger partial charge in [0.15, 0.2) is 0 Å². The van der Waals surface area contributed by atoms with Crippen LogP contribution in [0.5, 0.6) is 5.75 Å². The minimum absolute atomic E-state index is 0.212. The van der Waals surface area contributed by atoms with Gasteiger partial charge in [-0.25, -0.2) is 0 Å². The molecule has 104 valence electrons. The lowest BCUT2D eigenvalue weighted by Gasteiger charge is -2.07. The fraction of sp³-hybridized carbons (Fsp3) is 0.154. The van der Waals surface area contributed by atoms with Crippen LogP contribution >= 0.6 is 0 Å². The fourth-order valence-electron chi connectivity index (χ4n) is 1.81. The molecule has 3 N–H and O–H groups in total. The Labute approximate surface area is 114 Å². The number of primary amides is 1. The average Bonchev–Trinajstić information content (AvgIpc) is 2.85. The molecule has 1 aromatic carbocycles. The van der Waals surface area contributed by atoms with Crippen LogP contribution in [0.2, 0.25) is 0 Å². The van der Waals surface area contributed by atoms with Crippen LogP contribution in [0.1, 0.15) is 10.4 Å². The standard InChI is InChI=1S/C13H13N3O4/c1-20-11-4-8(2-3-10(11)13(14)19)9-5-15-16(6-9)7-12(17)18/h2-6H,7H2,1H3,(H2,14,19)(H,17,18). The van der Waals surface area contributed by atoms with Crippen molar-refractivity contribution in [1.82, 2.24) is 9.78 Å². The van der Waals surface area contributed by atoms with Gasteiger partial charge in [0.1, 0.15) is 12.3 Å². The molecule has 0 aliphatic rings. The minimum atomic E-state index is -0.971. The van der Waals surface area contributed by atoms with E-state index in [0.29, 0.717) is 5.75 Å². The zero-order chi connectivity index (χ0) is 14.7. The molecular formula is C13H13N3O4. The second kappa shape index (κ2) is 5.43. The number of nitrogens with zero attached hydrogens (tertiary/aromatic N) is 2. The Kier molecular flexibility index (Phi) is 3.69. The number of rotatable bonds is 5. The van der Waals surface area contributed by atoms with Gasteiger partial charge in [0.2, 0.25) is 0 Å². The Morgan fingerprint density at radius 1 is 1.40 bits per heavy atom. The largest absolute Gasteiger partial charge is 0.496 e. The molecule has 20 heavy (non-hydrogen) atoms. The lowest BCUT2D eigenvalue weighted by molar-refractivity contribution is -0.137. The third-order valence-electron chi connectivity index (χ3n) is 2.73. The van der Waals surface area contributed by atoms with E-state index in [2.05, 4.69) is 5.10 Å². The molecule has 7 heteroatoms. The summed E-state index contributed by atoms with van der Waals surface area (Å²) in [6, 6.07) is 4.91. The van der Waals surface area contributed by atoms with Crippen molar-refractivity contribution in [1.29, 1.82) is 0 Å². The Balaban J connectivity index is 2.35. The summed E-state index contributed by atoms with van der Waals surface area (Å²) in [6.45, 7) is -0.212. The van der Waals surface area contributed by atoms with Crippen molar-refractivity contribution in [3.05, 3.63) is 36.2 Å². The third kappa shape index (κ3) is 2.77. The molecule has 0 bridgehead atoms. The van der Waals surface area contributed by atoms with E-state index >= 15 is 0 Å². The van der Waals surface area contributed by atoms with Crippen LogP contribution in [0.15, 0.2) is 30.6 Å². The second-order valence-corrected chi connectivity index (χ2v) is 4.10. The van der Waals surface area contributed by atoms with E-state index in [0.717, 1.165) is 11.1 Å². The maximum atomic E-state index is 11.2. The van der Waals surface area contributed by atoms with Crippen LogP contribution < -0.4 is 10.5 Å². The Morgan fingerprint density at radius 2 is 2.15 bits per heavy atom. The van der Waals surface area contributed by atoms with Crippen LogP contribution in [0.3, 0.4) is 0 Å². The number of amides is 1. The minimum Gasteiger partial charge on any atom is -0.496 e. The molecule has 7 nitrogen and oxygen atoms in total. The number of carboxylic acids is 1. The number of carbonyl (C=O) groups is 2. The van der Waals surface area contributed by atoms with Crippen molar-refractivity contribution in [2.75, 3.05) is 7.11 Å². The van der Waals surface area contributed by atoms with E-state index in [1.807, 2.05) is 0 Å². The summed E-state index contributed by atoms with van der Waals surface area (Å²) < 4.78 is 6.43. The molecule has 0 saturated carbocycles. The van der Waals surface area contributed by atoms with Gasteiger partial charge in [0.25, 0.3) is 5.91 Å². The predicted molar refractivity (Wildman–Crippen MR) is 70.4 cm³/mol. The first-order valence-electron chi connectivity index (χ1n) is 5.73. The first kappa shape index (κ1) is 13.6. The topological polar surface area (TPSA) is 107 Å². The molecule has 0 unspecified atom stereocenters. The van der Waals surface area contributed by atoms with Gasteiger partial charge < -0.3 is 15.6 Å². The number of aromatic nitrogens is 2. The molecule has 0 spiro atoms. The first-order valence-corrected chi connectivity index (χ1v) is 5.73. The lowest BCUT2D eigenvalue weighted by atomic mass is 10.1. The summed E-state index contributed by atoms with van der Waals surface area (Å²) in [5.41, 5.74) is 7.00.